The van der Waals surface area contributed by atoms with Gasteiger partial charge in [-0.15, -0.1) is 0 Å². The van der Waals surface area contributed by atoms with E-state index in [1.165, 1.54) is 31.4 Å². The number of aromatic hydroxyl groups is 1. The monoisotopic (exact) mass is 315 g/mol. The first-order chi connectivity index (χ1) is 11.1. The van der Waals surface area contributed by atoms with Crippen molar-refractivity contribution in [1.82, 2.24) is 14.8 Å². The van der Waals surface area contributed by atoms with Crippen LogP contribution in [0.15, 0.2) is 30.6 Å². The lowest BCUT2D eigenvalue weighted by atomic mass is 9.77. The number of hydrogen-bond donors (Lipinski definition) is 1. The van der Waals surface area contributed by atoms with Gasteiger partial charge in [-0.05, 0) is 38.8 Å². The number of hydrogen-bond acceptors (Lipinski definition) is 4. The highest BCUT2D eigenvalue weighted by atomic mass is 16.5. The Hall–Kier alpha value is -2.04. The van der Waals surface area contributed by atoms with E-state index in [2.05, 4.69) is 34.7 Å². The molecule has 0 saturated heterocycles. The van der Waals surface area contributed by atoms with E-state index < -0.39 is 0 Å². The molecule has 2 heterocycles. The molecule has 2 unspecified atom stereocenters. The first-order valence-electron chi connectivity index (χ1n) is 8.46. The van der Waals surface area contributed by atoms with E-state index in [1.54, 1.807) is 18.3 Å². The Morgan fingerprint density at radius 1 is 1.26 bits per heavy atom. The van der Waals surface area contributed by atoms with Crippen molar-refractivity contribution in [3.63, 3.8) is 0 Å². The van der Waals surface area contributed by atoms with E-state index in [4.69, 9.17) is 4.74 Å². The SMILES string of the molecule is CC(C)n1nccc1C1CCCCC1COc1ccc(O)nc1. The first kappa shape index (κ1) is 15.8. The fourth-order valence-electron chi connectivity index (χ4n) is 3.51. The number of ether oxygens (including phenoxy) is 1. The quantitative estimate of drug-likeness (QED) is 0.908. The Kier molecular flexibility index (Phi) is 4.84. The van der Waals surface area contributed by atoms with E-state index in [0.29, 0.717) is 30.2 Å². The van der Waals surface area contributed by atoms with Crippen molar-refractivity contribution in [3.8, 4) is 11.6 Å². The number of aromatic nitrogens is 3. The summed E-state index contributed by atoms with van der Waals surface area (Å²) in [6.45, 7) is 5.03. The highest BCUT2D eigenvalue weighted by Crippen LogP contribution is 2.38. The highest BCUT2D eigenvalue weighted by molar-refractivity contribution is 5.22. The molecule has 1 aliphatic carbocycles. The van der Waals surface area contributed by atoms with E-state index in [9.17, 15) is 5.11 Å². The van der Waals surface area contributed by atoms with Crippen LogP contribution >= 0.6 is 0 Å². The van der Waals surface area contributed by atoms with E-state index in [0.717, 1.165) is 0 Å². The van der Waals surface area contributed by atoms with Crippen molar-refractivity contribution in [2.45, 2.75) is 51.5 Å². The van der Waals surface area contributed by atoms with Gasteiger partial charge in [-0.3, -0.25) is 4.68 Å². The summed E-state index contributed by atoms with van der Waals surface area (Å²) in [6.07, 6.45) is 8.39. The zero-order valence-corrected chi connectivity index (χ0v) is 13.9. The molecule has 1 saturated carbocycles. The summed E-state index contributed by atoms with van der Waals surface area (Å²) in [5.41, 5.74) is 1.33. The molecule has 0 aliphatic heterocycles. The van der Waals surface area contributed by atoms with E-state index in [-0.39, 0.29) is 5.88 Å². The second-order valence-corrected chi connectivity index (χ2v) is 6.61. The molecule has 1 N–H and O–H groups in total. The van der Waals surface area contributed by atoms with Crippen LogP contribution < -0.4 is 4.74 Å². The van der Waals surface area contributed by atoms with Crippen LogP contribution in [0.2, 0.25) is 0 Å². The second-order valence-electron chi connectivity index (χ2n) is 6.61. The molecule has 3 rings (SSSR count). The van der Waals surface area contributed by atoms with Crippen LogP contribution in [0.3, 0.4) is 0 Å². The van der Waals surface area contributed by atoms with E-state index in [1.807, 2.05) is 6.20 Å². The largest absolute Gasteiger partial charge is 0.493 e. The van der Waals surface area contributed by atoms with Gasteiger partial charge in [-0.2, -0.15) is 5.10 Å². The Balaban J connectivity index is 1.71. The molecule has 2 atom stereocenters. The minimum Gasteiger partial charge on any atom is -0.493 e. The molecule has 1 aliphatic rings. The Morgan fingerprint density at radius 3 is 2.83 bits per heavy atom. The minimum absolute atomic E-state index is 0.0220. The molecule has 124 valence electrons. The van der Waals surface area contributed by atoms with Crippen LogP contribution in [-0.2, 0) is 0 Å². The average Bonchev–Trinajstić information content (AvgIpc) is 3.04. The van der Waals surface area contributed by atoms with Gasteiger partial charge in [0.15, 0.2) is 0 Å². The maximum absolute atomic E-state index is 9.25. The van der Waals surface area contributed by atoms with Crippen LogP contribution in [0.25, 0.3) is 0 Å². The smallest absolute Gasteiger partial charge is 0.210 e. The standard InChI is InChI=1S/C18H25N3O2/c1-13(2)21-17(9-10-20-21)16-6-4-3-5-14(16)12-23-15-7-8-18(22)19-11-15/h7-11,13-14,16H,3-6,12H2,1-2H3,(H,19,22). The second kappa shape index (κ2) is 7.02. The number of nitrogens with zero attached hydrogens (tertiary/aromatic N) is 3. The topological polar surface area (TPSA) is 60.2 Å². The molecule has 23 heavy (non-hydrogen) atoms. The lowest BCUT2D eigenvalue weighted by molar-refractivity contribution is 0.180. The molecule has 5 nitrogen and oxygen atoms in total. The predicted molar refractivity (Wildman–Crippen MR) is 88.7 cm³/mol. The summed E-state index contributed by atoms with van der Waals surface area (Å²) in [5, 5.41) is 13.7. The van der Waals surface area contributed by atoms with Gasteiger partial charge in [0.05, 0.1) is 12.8 Å². The lowest BCUT2D eigenvalue weighted by Crippen LogP contribution is -2.26. The highest BCUT2D eigenvalue weighted by Gasteiger charge is 2.30. The van der Waals surface area contributed by atoms with Crippen LogP contribution in [-0.4, -0.2) is 26.5 Å². The zero-order chi connectivity index (χ0) is 16.2. The normalized spacial score (nSPS) is 21.5. The molecule has 0 spiro atoms. The van der Waals surface area contributed by atoms with Crippen LogP contribution in [0.5, 0.6) is 11.6 Å². The van der Waals surface area contributed by atoms with Crippen LogP contribution in [0, 0.1) is 5.92 Å². The third-order valence-electron chi connectivity index (χ3n) is 4.66. The van der Waals surface area contributed by atoms with Gasteiger partial charge < -0.3 is 9.84 Å². The van der Waals surface area contributed by atoms with Crippen molar-refractivity contribution < 1.29 is 9.84 Å². The van der Waals surface area contributed by atoms with Gasteiger partial charge in [-0.1, -0.05) is 12.8 Å². The fourth-order valence-corrected chi connectivity index (χ4v) is 3.51. The number of pyridine rings is 1. The molecule has 2 aromatic heterocycles. The number of rotatable bonds is 5. The zero-order valence-electron chi connectivity index (χ0n) is 13.9. The summed E-state index contributed by atoms with van der Waals surface area (Å²) < 4.78 is 8.07. The molecule has 0 aromatic carbocycles. The summed E-state index contributed by atoms with van der Waals surface area (Å²) in [4.78, 5) is 3.87. The van der Waals surface area contributed by atoms with Gasteiger partial charge in [0, 0.05) is 35.8 Å². The summed E-state index contributed by atoms with van der Waals surface area (Å²) in [6, 6.07) is 5.86. The molecule has 5 heteroatoms. The summed E-state index contributed by atoms with van der Waals surface area (Å²) in [7, 11) is 0. The molecule has 2 aromatic rings. The summed E-state index contributed by atoms with van der Waals surface area (Å²) >= 11 is 0. The third kappa shape index (κ3) is 3.66. The first-order valence-corrected chi connectivity index (χ1v) is 8.46. The van der Waals surface area contributed by atoms with Crippen LogP contribution in [0.4, 0.5) is 0 Å². The molecular weight excluding hydrogens is 290 g/mol. The predicted octanol–water partition coefficient (Wildman–Crippen LogP) is 3.92. The minimum atomic E-state index is 0.0220. The Morgan fingerprint density at radius 2 is 2.09 bits per heavy atom. The Labute approximate surface area is 137 Å². The molecule has 0 bridgehead atoms. The van der Waals surface area contributed by atoms with Crippen molar-refractivity contribution >= 4 is 0 Å². The van der Waals surface area contributed by atoms with Gasteiger partial charge >= 0.3 is 0 Å². The van der Waals surface area contributed by atoms with Gasteiger partial charge in [-0.25, -0.2) is 4.98 Å². The molecule has 0 amide bonds. The Bertz CT molecular complexity index is 621. The van der Waals surface area contributed by atoms with Gasteiger partial charge in [0.25, 0.3) is 0 Å². The maximum atomic E-state index is 9.25. The fraction of sp³-hybridized carbons (Fsp3) is 0.556. The van der Waals surface area contributed by atoms with Crippen molar-refractivity contribution in [3.05, 3.63) is 36.3 Å². The molecular formula is C18H25N3O2. The van der Waals surface area contributed by atoms with Crippen LogP contribution in [0.1, 0.15) is 57.2 Å². The van der Waals surface area contributed by atoms with Crippen molar-refractivity contribution in [2.24, 2.45) is 5.92 Å². The summed E-state index contributed by atoms with van der Waals surface area (Å²) in [5.74, 6) is 1.73. The molecule has 0 radical (unpaired) electrons. The maximum Gasteiger partial charge on any atom is 0.210 e. The lowest BCUT2D eigenvalue weighted by Gasteiger charge is -2.32. The van der Waals surface area contributed by atoms with Gasteiger partial charge in [0.1, 0.15) is 5.75 Å². The van der Waals surface area contributed by atoms with Gasteiger partial charge in [0.2, 0.25) is 5.88 Å². The average molecular weight is 315 g/mol. The third-order valence-corrected chi connectivity index (χ3v) is 4.66. The van der Waals surface area contributed by atoms with Crippen molar-refractivity contribution in [1.29, 1.82) is 0 Å². The van der Waals surface area contributed by atoms with Crippen molar-refractivity contribution in [2.75, 3.05) is 6.61 Å². The van der Waals surface area contributed by atoms with E-state index >= 15 is 0 Å². The molecule has 1 fully saturated rings.